The van der Waals surface area contributed by atoms with Gasteiger partial charge in [0, 0.05) is 10.9 Å². The molecule has 0 saturated carbocycles. The molecule has 5 heteroatoms. The van der Waals surface area contributed by atoms with Crippen molar-refractivity contribution < 1.29 is 9.18 Å². The molecular weight excluding hydrogens is 287 g/mol. The predicted molar refractivity (Wildman–Crippen MR) is 68.3 cm³/mol. The highest BCUT2D eigenvalue weighted by Crippen LogP contribution is 2.20. The summed E-state index contributed by atoms with van der Waals surface area (Å²) in [6.07, 6.45) is 1.46. The third-order valence-electron chi connectivity index (χ3n) is 2.84. The molecule has 17 heavy (non-hydrogen) atoms. The first kappa shape index (κ1) is 12.5. The maximum absolute atomic E-state index is 13.5. The van der Waals surface area contributed by atoms with E-state index >= 15 is 0 Å². The van der Waals surface area contributed by atoms with Crippen LogP contribution in [0.25, 0.3) is 0 Å². The Morgan fingerprint density at radius 3 is 3.06 bits per heavy atom. The van der Waals surface area contributed by atoms with E-state index in [1.807, 2.05) is 0 Å². The van der Waals surface area contributed by atoms with Gasteiger partial charge in [0.1, 0.15) is 5.82 Å². The Labute approximate surface area is 108 Å². The zero-order chi connectivity index (χ0) is 12.3. The minimum absolute atomic E-state index is 0.125. The number of nitrogens with one attached hydrogen (secondary N) is 2. The lowest BCUT2D eigenvalue weighted by Gasteiger charge is -2.09. The first-order valence-electron chi connectivity index (χ1n) is 5.61. The van der Waals surface area contributed by atoms with Gasteiger partial charge in [-0.05, 0) is 43.6 Å². The summed E-state index contributed by atoms with van der Waals surface area (Å²) in [5.41, 5.74) is 0.240. The summed E-state index contributed by atoms with van der Waals surface area (Å²) in [6.45, 7) is 1.83. The number of carbonyl (C=O) groups is 1. The first-order valence-corrected chi connectivity index (χ1v) is 6.40. The molecule has 1 heterocycles. The van der Waals surface area contributed by atoms with Crippen molar-refractivity contribution in [2.24, 2.45) is 5.92 Å². The van der Waals surface area contributed by atoms with E-state index in [-0.39, 0.29) is 11.6 Å². The molecule has 1 aliphatic rings. The number of halogens is 2. The van der Waals surface area contributed by atoms with Crippen LogP contribution in [0, 0.1) is 11.7 Å². The molecular formula is C12H14BrFN2O. The van der Waals surface area contributed by atoms with E-state index in [1.165, 1.54) is 6.07 Å². The zero-order valence-electron chi connectivity index (χ0n) is 9.30. The lowest BCUT2D eigenvalue weighted by atomic mass is 10.0. The van der Waals surface area contributed by atoms with Crippen LogP contribution in [-0.2, 0) is 4.79 Å². The second-order valence-electron chi connectivity index (χ2n) is 4.24. The van der Waals surface area contributed by atoms with E-state index in [9.17, 15) is 9.18 Å². The van der Waals surface area contributed by atoms with Gasteiger partial charge in [0.25, 0.3) is 0 Å². The summed E-state index contributed by atoms with van der Waals surface area (Å²) in [5, 5.41) is 5.80. The highest BCUT2D eigenvalue weighted by atomic mass is 79.9. The maximum Gasteiger partial charge on any atom is 0.224 e. The van der Waals surface area contributed by atoms with Crippen molar-refractivity contribution in [2.45, 2.75) is 12.8 Å². The largest absolute Gasteiger partial charge is 0.324 e. The van der Waals surface area contributed by atoms with Gasteiger partial charge in [-0.25, -0.2) is 4.39 Å². The molecule has 2 rings (SSSR count). The van der Waals surface area contributed by atoms with Gasteiger partial charge >= 0.3 is 0 Å². The Kier molecular flexibility index (Phi) is 4.12. The molecule has 1 fully saturated rings. The Morgan fingerprint density at radius 1 is 1.59 bits per heavy atom. The lowest BCUT2D eigenvalue weighted by Crippen LogP contribution is -2.18. The normalized spacial score (nSPS) is 19.3. The predicted octanol–water partition coefficient (Wildman–Crippen LogP) is 2.53. The number of benzene rings is 1. The van der Waals surface area contributed by atoms with Crippen LogP contribution in [0.1, 0.15) is 12.8 Å². The fourth-order valence-corrected chi connectivity index (χ4v) is 2.28. The van der Waals surface area contributed by atoms with Crippen LogP contribution >= 0.6 is 15.9 Å². The van der Waals surface area contributed by atoms with Crippen molar-refractivity contribution in [2.75, 3.05) is 18.4 Å². The van der Waals surface area contributed by atoms with Crippen LogP contribution in [-0.4, -0.2) is 19.0 Å². The molecule has 1 saturated heterocycles. The van der Waals surface area contributed by atoms with Crippen molar-refractivity contribution in [1.29, 1.82) is 0 Å². The minimum atomic E-state index is -0.419. The molecule has 0 bridgehead atoms. The molecule has 0 spiro atoms. The van der Waals surface area contributed by atoms with E-state index in [2.05, 4.69) is 26.6 Å². The molecule has 0 aromatic heterocycles. The summed E-state index contributed by atoms with van der Waals surface area (Å²) >= 11 is 3.17. The molecule has 1 unspecified atom stereocenters. The van der Waals surface area contributed by atoms with E-state index < -0.39 is 5.82 Å². The van der Waals surface area contributed by atoms with Crippen LogP contribution < -0.4 is 10.6 Å². The molecule has 3 nitrogen and oxygen atoms in total. The molecule has 0 aliphatic carbocycles. The fourth-order valence-electron chi connectivity index (χ4n) is 1.94. The van der Waals surface area contributed by atoms with Crippen LogP contribution in [0.3, 0.4) is 0 Å². The number of hydrogen-bond donors (Lipinski definition) is 2. The third-order valence-corrected chi connectivity index (χ3v) is 3.33. The van der Waals surface area contributed by atoms with E-state index in [1.54, 1.807) is 12.1 Å². The van der Waals surface area contributed by atoms with Gasteiger partial charge in [-0.15, -0.1) is 0 Å². The van der Waals surface area contributed by atoms with Gasteiger partial charge in [-0.3, -0.25) is 4.79 Å². The highest BCUT2D eigenvalue weighted by Gasteiger charge is 2.18. The summed E-state index contributed by atoms with van der Waals surface area (Å²) in [7, 11) is 0. The SMILES string of the molecule is O=C(CC1CCNC1)Nc1ccc(Br)cc1F. The maximum atomic E-state index is 13.5. The average Bonchev–Trinajstić information content (AvgIpc) is 2.75. The molecule has 1 aromatic rings. The number of rotatable bonds is 3. The van der Waals surface area contributed by atoms with Gasteiger partial charge in [0.15, 0.2) is 0 Å². The monoisotopic (exact) mass is 300 g/mol. The van der Waals surface area contributed by atoms with Gasteiger partial charge < -0.3 is 10.6 Å². The van der Waals surface area contributed by atoms with Crippen LogP contribution in [0.5, 0.6) is 0 Å². The second kappa shape index (κ2) is 5.60. The van der Waals surface area contributed by atoms with E-state index in [4.69, 9.17) is 0 Å². The van der Waals surface area contributed by atoms with Crippen molar-refractivity contribution in [3.63, 3.8) is 0 Å². The highest BCUT2D eigenvalue weighted by molar-refractivity contribution is 9.10. The van der Waals surface area contributed by atoms with E-state index in [0.29, 0.717) is 16.8 Å². The second-order valence-corrected chi connectivity index (χ2v) is 5.15. The first-order chi connectivity index (χ1) is 8.15. The number of hydrogen-bond acceptors (Lipinski definition) is 2. The smallest absolute Gasteiger partial charge is 0.224 e. The topological polar surface area (TPSA) is 41.1 Å². The zero-order valence-corrected chi connectivity index (χ0v) is 10.9. The Morgan fingerprint density at radius 2 is 2.41 bits per heavy atom. The standard InChI is InChI=1S/C12H14BrFN2O/c13-9-1-2-11(10(14)6-9)16-12(17)5-8-3-4-15-7-8/h1-2,6,8,15H,3-5,7H2,(H,16,17). The molecule has 92 valence electrons. The van der Waals surface area contributed by atoms with Gasteiger partial charge in [0.05, 0.1) is 5.69 Å². The van der Waals surface area contributed by atoms with Crippen molar-refractivity contribution >= 4 is 27.5 Å². The summed E-state index contributed by atoms with van der Waals surface area (Å²) < 4.78 is 14.1. The van der Waals surface area contributed by atoms with Crippen LogP contribution in [0.4, 0.5) is 10.1 Å². The number of amides is 1. The number of carbonyl (C=O) groups excluding carboxylic acids is 1. The average molecular weight is 301 g/mol. The quantitative estimate of drug-likeness (QED) is 0.901. The van der Waals surface area contributed by atoms with E-state index in [0.717, 1.165) is 19.5 Å². The van der Waals surface area contributed by atoms with Crippen molar-refractivity contribution in [3.8, 4) is 0 Å². The third kappa shape index (κ3) is 3.51. The fraction of sp³-hybridized carbons (Fsp3) is 0.417. The molecule has 1 amide bonds. The Bertz CT molecular complexity index is 419. The lowest BCUT2D eigenvalue weighted by molar-refractivity contribution is -0.117. The summed E-state index contributed by atoms with van der Waals surface area (Å²) in [6, 6.07) is 4.60. The molecule has 1 atom stereocenters. The van der Waals surface area contributed by atoms with Gasteiger partial charge in [-0.2, -0.15) is 0 Å². The molecule has 2 N–H and O–H groups in total. The minimum Gasteiger partial charge on any atom is -0.324 e. The molecule has 1 aromatic carbocycles. The van der Waals surface area contributed by atoms with Gasteiger partial charge in [0.2, 0.25) is 5.91 Å². The van der Waals surface area contributed by atoms with Crippen molar-refractivity contribution in [1.82, 2.24) is 5.32 Å². The van der Waals surface area contributed by atoms with Crippen LogP contribution in [0.2, 0.25) is 0 Å². The summed E-state index contributed by atoms with van der Waals surface area (Å²) in [4.78, 5) is 11.7. The Hall–Kier alpha value is -0.940. The summed E-state index contributed by atoms with van der Waals surface area (Å²) in [5.74, 6) is -0.175. The van der Waals surface area contributed by atoms with Crippen molar-refractivity contribution in [3.05, 3.63) is 28.5 Å². The molecule has 1 aliphatic heterocycles. The Balaban J connectivity index is 1.93. The van der Waals surface area contributed by atoms with Gasteiger partial charge in [-0.1, -0.05) is 15.9 Å². The number of anilines is 1. The van der Waals surface area contributed by atoms with Crippen LogP contribution in [0.15, 0.2) is 22.7 Å². The molecule has 0 radical (unpaired) electrons.